The summed E-state index contributed by atoms with van der Waals surface area (Å²) in [7, 11) is 0. The first-order valence-corrected chi connectivity index (χ1v) is 8.68. The third-order valence-electron chi connectivity index (χ3n) is 4.62. The quantitative estimate of drug-likeness (QED) is 0.770. The zero-order valence-corrected chi connectivity index (χ0v) is 14.6. The number of amides is 1. The lowest BCUT2D eigenvalue weighted by atomic mass is 9.95. The third-order valence-corrected chi connectivity index (χ3v) is 4.62. The van der Waals surface area contributed by atoms with Crippen LogP contribution >= 0.6 is 0 Å². The zero-order valence-electron chi connectivity index (χ0n) is 14.6. The van der Waals surface area contributed by atoms with Crippen molar-refractivity contribution >= 4 is 11.6 Å². The van der Waals surface area contributed by atoms with Crippen molar-refractivity contribution in [3.05, 3.63) is 54.0 Å². The predicted octanol–water partition coefficient (Wildman–Crippen LogP) is 1.86. The van der Waals surface area contributed by atoms with Crippen LogP contribution in [-0.2, 0) is 16.9 Å². The molecule has 0 bridgehead atoms. The molecule has 0 saturated carbocycles. The lowest BCUT2D eigenvalue weighted by molar-refractivity contribution is -0.0760. The van der Waals surface area contributed by atoms with Gasteiger partial charge in [-0.1, -0.05) is 0 Å². The molecular formula is C18H20N6O2. The van der Waals surface area contributed by atoms with Crippen LogP contribution in [0.4, 0.5) is 0 Å². The van der Waals surface area contributed by atoms with Gasteiger partial charge in [0.15, 0.2) is 11.5 Å². The highest BCUT2D eigenvalue weighted by molar-refractivity contribution is 5.99. The number of fused-ring (bicyclic) bond motifs is 1. The van der Waals surface area contributed by atoms with Crippen molar-refractivity contribution in [2.24, 2.45) is 0 Å². The molecule has 3 aromatic rings. The van der Waals surface area contributed by atoms with E-state index in [2.05, 4.69) is 25.4 Å². The maximum Gasteiger partial charge on any atom is 0.257 e. The summed E-state index contributed by atoms with van der Waals surface area (Å²) >= 11 is 0. The first-order chi connectivity index (χ1) is 12.7. The molecular weight excluding hydrogens is 332 g/mol. The highest BCUT2D eigenvalue weighted by Gasteiger charge is 2.32. The Morgan fingerprint density at radius 3 is 2.88 bits per heavy atom. The molecule has 1 atom stereocenters. The molecule has 0 aliphatic carbocycles. The third kappa shape index (κ3) is 3.15. The molecule has 8 nitrogen and oxygen atoms in total. The number of nitrogens with one attached hydrogen (secondary N) is 1. The summed E-state index contributed by atoms with van der Waals surface area (Å²) in [6.07, 6.45) is 11.5. The van der Waals surface area contributed by atoms with Crippen molar-refractivity contribution in [2.75, 3.05) is 6.61 Å². The van der Waals surface area contributed by atoms with Gasteiger partial charge in [0.2, 0.25) is 0 Å². The van der Waals surface area contributed by atoms with E-state index in [4.69, 9.17) is 4.74 Å². The normalized spacial score (nSPS) is 20.2. The molecule has 0 aromatic carbocycles. The molecule has 1 unspecified atom stereocenters. The van der Waals surface area contributed by atoms with E-state index in [1.807, 2.05) is 6.92 Å². The fourth-order valence-electron chi connectivity index (χ4n) is 3.09. The maximum absolute atomic E-state index is 12.4. The van der Waals surface area contributed by atoms with Gasteiger partial charge in [-0.15, -0.1) is 0 Å². The molecule has 8 heteroatoms. The van der Waals surface area contributed by atoms with Gasteiger partial charge in [-0.3, -0.25) is 4.79 Å². The van der Waals surface area contributed by atoms with Gasteiger partial charge in [0, 0.05) is 43.5 Å². The summed E-state index contributed by atoms with van der Waals surface area (Å²) in [5.41, 5.74) is 1.37. The van der Waals surface area contributed by atoms with Crippen molar-refractivity contribution in [3.63, 3.8) is 0 Å². The summed E-state index contributed by atoms with van der Waals surface area (Å²) in [5.74, 6) is 0.462. The number of carbonyl (C=O) groups is 1. The van der Waals surface area contributed by atoms with E-state index in [1.54, 1.807) is 35.4 Å². The Bertz CT molecular complexity index is 915. The van der Waals surface area contributed by atoms with Crippen molar-refractivity contribution in [3.8, 4) is 0 Å². The molecule has 1 saturated heterocycles. The predicted molar refractivity (Wildman–Crippen MR) is 93.3 cm³/mol. The largest absolute Gasteiger partial charge is 0.367 e. The Morgan fingerprint density at radius 1 is 1.27 bits per heavy atom. The smallest absolute Gasteiger partial charge is 0.257 e. The van der Waals surface area contributed by atoms with Gasteiger partial charge < -0.3 is 10.1 Å². The average molecular weight is 352 g/mol. The molecule has 1 aliphatic rings. The van der Waals surface area contributed by atoms with Gasteiger partial charge in [-0.05, 0) is 32.3 Å². The van der Waals surface area contributed by atoms with Gasteiger partial charge >= 0.3 is 0 Å². The minimum Gasteiger partial charge on any atom is -0.367 e. The second-order valence-corrected chi connectivity index (χ2v) is 6.58. The van der Waals surface area contributed by atoms with E-state index in [1.165, 1.54) is 6.20 Å². The van der Waals surface area contributed by atoms with Crippen LogP contribution in [0.25, 0.3) is 5.65 Å². The van der Waals surface area contributed by atoms with Crippen LogP contribution in [0, 0.1) is 0 Å². The SMILES string of the molecule is CC1(c2ncc(CNC(=O)c3cnn4cccnc34)cn2)CCCCO1. The van der Waals surface area contributed by atoms with Crippen LogP contribution in [0.2, 0.25) is 0 Å². The average Bonchev–Trinajstić information content (AvgIpc) is 3.11. The van der Waals surface area contributed by atoms with Crippen LogP contribution in [-0.4, -0.2) is 37.1 Å². The maximum atomic E-state index is 12.4. The Balaban J connectivity index is 1.42. The molecule has 1 amide bonds. The molecule has 4 heterocycles. The Labute approximate surface area is 150 Å². The first kappa shape index (κ1) is 16.6. The summed E-state index contributed by atoms with van der Waals surface area (Å²) in [5, 5.41) is 6.98. The van der Waals surface area contributed by atoms with Gasteiger partial charge in [-0.25, -0.2) is 19.5 Å². The van der Waals surface area contributed by atoms with Gasteiger partial charge in [0.25, 0.3) is 5.91 Å². The molecule has 1 fully saturated rings. The van der Waals surface area contributed by atoms with Crippen LogP contribution in [0.5, 0.6) is 0 Å². The van der Waals surface area contributed by atoms with E-state index >= 15 is 0 Å². The molecule has 3 aromatic heterocycles. The van der Waals surface area contributed by atoms with Crippen molar-refractivity contribution < 1.29 is 9.53 Å². The highest BCUT2D eigenvalue weighted by atomic mass is 16.5. The van der Waals surface area contributed by atoms with Crippen LogP contribution in [0.1, 0.15) is 47.9 Å². The van der Waals surface area contributed by atoms with Crippen LogP contribution < -0.4 is 5.32 Å². The van der Waals surface area contributed by atoms with E-state index in [-0.39, 0.29) is 5.91 Å². The molecule has 4 rings (SSSR count). The van der Waals surface area contributed by atoms with Crippen molar-refractivity contribution in [1.82, 2.24) is 29.9 Å². The van der Waals surface area contributed by atoms with Gasteiger partial charge in [0.1, 0.15) is 11.2 Å². The van der Waals surface area contributed by atoms with Crippen molar-refractivity contribution in [2.45, 2.75) is 38.3 Å². The number of aromatic nitrogens is 5. The van der Waals surface area contributed by atoms with E-state index in [9.17, 15) is 4.79 Å². The van der Waals surface area contributed by atoms with Gasteiger partial charge in [0.05, 0.1) is 6.20 Å². The number of nitrogens with zero attached hydrogens (tertiary/aromatic N) is 5. The topological polar surface area (TPSA) is 94.3 Å². The molecule has 1 aliphatic heterocycles. The summed E-state index contributed by atoms with van der Waals surface area (Å²) in [6, 6.07) is 1.76. The molecule has 0 radical (unpaired) electrons. The Morgan fingerprint density at radius 2 is 2.12 bits per heavy atom. The Hall–Kier alpha value is -2.87. The van der Waals surface area contributed by atoms with Crippen LogP contribution in [0.3, 0.4) is 0 Å². The standard InChI is InChI=1S/C18H20N6O2/c1-18(5-2-3-8-26-18)17-21-10-13(11-22-17)9-20-16(25)14-12-23-24-7-4-6-19-15(14)24/h4,6-7,10-12H,2-3,5,8-9H2,1H3,(H,20,25). The van der Waals surface area contributed by atoms with Crippen LogP contribution in [0.15, 0.2) is 37.1 Å². The number of rotatable bonds is 4. The van der Waals surface area contributed by atoms with Crippen molar-refractivity contribution in [1.29, 1.82) is 0 Å². The number of hydrogen-bond donors (Lipinski definition) is 1. The lowest BCUT2D eigenvalue weighted by Crippen LogP contribution is -2.32. The summed E-state index contributed by atoms with van der Waals surface area (Å²) < 4.78 is 7.44. The molecule has 1 N–H and O–H groups in total. The number of ether oxygens (including phenoxy) is 1. The highest BCUT2D eigenvalue weighted by Crippen LogP contribution is 2.32. The number of carbonyl (C=O) groups excluding carboxylic acids is 1. The summed E-state index contributed by atoms with van der Waals surface area (Å²) in [4.78, 5) is 25.5. The lowest BCUT2D eigenvalue weighted by Gasteiger charge is -2.32. The fourth-order valence-corrected chi connectivity index (χ4v) is 3.09. The zero-order chi connectivity index (χ0) is 18.0. The first-order valence-electron chi connectivity index (χ1n) is 8.68. The minimum absolute atomic E-state index is 0.231. The number of hydrogen-bond acceptors (Lipinski definition) is 6. The minimum atomic E-state index is -0.414. The molecule has 134 valence electrons. The monoisotopic (exact) mass is 352 g/mol. The second-order valence-electron chi connectivity index (χ2n) is 6.58. The van der Waals surface area contributed by atoms with E-state index < -0.39 is 5.60 Å². The van der Waals surface area contributed by atoms with Gasteiger partial charge in [-0.2, -0.15) is 5.10 Å². The Kier molecular flexibility index (Phi) is 4.34. The van der Waals surface area contributed by atoms with E-state index in [0.29, 0.717) is 23.6 Å². The molecule has 0 spiro atoms. The second kappa shape index (κ2) is 6.80. The fraction of sp³-hybridized carbons (Fsp3) is 0.389. The summed E-state index contributed by atoms with van der Waals surface area (Å²) in [6.45, 7) is 3.10. The molecule has 26 heavy (non-hydrogen) atoms. The van der Waals surface area contributed by atoms with E-state index in [0.717, 1.165) is 31.4 Å².